The molecule has 1 rings (SSSR count). The Bertz CT molecular complexity index is 271. The van der Waals surface area contributed by atoms with E-state index in [-0.39, 0.29) is 5.41 Å². The number of hydrogen-bond acceptors (Lipinski definition) is 1. The molecule has 0 aromatic carbocycles. The van der Waals surface area contributed by atoms with Gasteiger partial charge in [-0.15, -0.1) is 0 Å². The molecule has 1 aromatic rings. The van der Waals surface area contributed by atoms with Gasteiger partial charge in [0.05, 0.1) is 6.20 Å². The van der Waals surface area contributed by atoms with Crippen LogP contribution in [0.15, 0.2) is 10.8 Å². The third-order valence-corrected chi connectivity index (χ3v) is 2.43. The van der Waals surface area contributed by atoms with Crippen molar-refractivity contribution < 1.29 is 0 Å². The van der Waals surface area contributed by atoms with Crippen molar-refractivity contribution in [2.75, 3.05) is 0 Å². The lowest BCUT2D eigenvalue weighted by Gasteiger charge is -2.19. The van der Waals surface area contributed by atoms with Crippen LogP contribution in [0.5, 0.6) is 0 Å². The summed E-state index contributed by atoms with van der Waals surface area (Å²) in [5.41, 5.74) is 0.127. The van der Waals surface area contributed by atoms with Crippen LogP contribution >= 0.6 is 15.9 Å². The van der Waals surface area contributed by atoms with Crippen molar-refractivity contribution in [2.24, 2.45) is 0 Å². The molecular weight excluding hydrogens is 216 g/mol. The Morgan fingerprint density at radius 2 is 2.08 bits per heavy atom. The van der Waals surface area contributed by atoms with Gasteiger partial charge in [0.25, 0.3) is 0 Å². The first kappa shape index (κ1) is 9.78. The van der Waals surface area contributed by atoms with Gasteiger partial charge >= 0.3 is 0 Å². The van der Waals surface area contributed by atoms with E-state index in [1.807, 2.05) is 6.20 Å². The Morgan fingerprint density at radius 3 is 2.42 bits per heavy atom. The molecule has 12 heavy (non-hydrogen) atoms. The van der Waals surface area contributed by atoms with E-state index in [0.717, 1.165) is 17.0 Å². The molecule has 0 aliphatic rings. The standard InChI is InChI=1S/C9H15BrN2/c1-5-12-7(10)6-11-8(12)9(2,3)4/h6H,5H2,1-4H3. The van der Waals surface area contributed by atoms with Crippen molar-refractivity contribution in [2.45, 2.75) is 39.7 Å². The van der Waals surface area contributed by atoms with Gasteiger partial charge in [-0.3, -0.25) is 0 Å². The molecule has 0 saturated carbocycles. The predicted molar refractivity (Wildman–Crippen MR) is 54.3 cm³/mol. The van der Waals surface area contributed by atoms with Crippen molar-refractivity contribution in [3.63, 3.8) is 0 Å². The van der Waals surface area contributed by atoms with Crippen molar-refractivity contribution in [3.8, 4) is 0 Å². The average Bonchev–Trinajstić information content (AvgIpc) is 2.29. The molecule has 1 heterocycles. The van der Waals surface area contributed by atoms with Gasteiger partial charge in [-0.2, -0.15) is 0 Å². The van der Waals surface area contributed by atoms with E-state index >= 15 is 0 Å². The van der Waals surface area contributed by atoms with E-state index < -0.39 is 0 Å². The lowest BCUT2D eigenvalue weighted by Crippen LogP contribution is -2.18. The fourth-order valence-corrected chi connectivity index (χ4v) is 1.78. The van der Waals surface area contributed by atoms with Crippen LogP contribution in [0.1, 0.15) is 33.5 Å². The van der Waals surface area contributed by atoms with Gasteiger partial charge in [-0.05, 0) is 22.9 Å². The van der Waals surface area contributed by atoms with E-state index in [2.05, 4.69) is 53.2 Å². The molecule has 0 fully saturated rings. The van der Waals surface area contributed by atoms with Gasteiger partial charge < -0.3 is 4.57 Å². The van der Waals surface area contributed by atoms with Crippen LogP contribution in [-0.2, 0) is 12.0 Å². The second-order valence-corrected chi connectivity index (χ2v) is 4.71. The molecule has 0 atom stereocenters. The molecule has 0 aliphatic heterocycles. The first-order chi connectivity index (χ1) is 5.46. The van der Waals surface area contributed by atoms with E-state index in [1.165, 1.54) is 0 Å². The van der Waals surface area contributed by atoms with Gasteiger partial charge in [-0.1, -0.05) is 20.8 Å². The molecule has 0 amide bonds. The van der Waals surface area contributed by atoms with Crippen molar-refractivity contribution >= 4 is 15.9 Å². The van der Waals surface area contributed by atoms with Crippen LogP contribution in [0.25, 0.3) is 0 Å². The second kappa shape index (κ2) is 3.21. The van der Waals surface area contributed by atoms with Crippen molar-refractivity contribution in [1.82, 2.24) is 9.55 Å². The number of nitrogens with zero attached hydrogens (tertiary/aromatic N) is 2. The van der Waals surface area contributed by atoms with Gasteiger partial charge in [0.15, 0.2) is 0 Å². The summed E-state index contributed by atoms with van der Waals surface area (Å²) >= 11 is 3.47. The molecule has 0 radical (unpaired) electrons. The molecule has 2 nitrogen and oxygen atoms in total. The van der Waals surface area contributed by atoms with Crippen LogP contribution < -0.4 is 0 Å². The number of rotatable bonds is 1. The molecule has 0 bridgehead atoms. The van der Waals surface area contributed by atoms with Crippen LogP contribution in [0, 0.1) is 0 Å². The van der Waals surface area contributed by atoms with Gasteiger partial charge in [0, 0.05) is 12.0 Å². The third kappa shape index (κ3) is 1.71. The van der Waals surface area contributed by atoms with E-state index in [9.17, 15) is 0 Å². The third-order valence-electron chi connectivity index (χ3n) is 1.79. The Labute approximate surface area is 82.1 Å². The quantitative estimate of drug-likeness (QED) is 0.726. The van der Waals surface area contributed by atoms with Gasteiger partial charge in [0.1, 0.15) is 10.4 Å². The Hall–Kier alpha value is -0.310. The fourth-order valence-electron chi connectivity index (χ4n) is 1.25. The molecular formula is C9H15BrN2. The highest BCUT2D eigenvalue weighted by Crippen LogP contribution is 2.24. The van der Waals surface area contributed by atoms with Crippen molar-refractivity contribution in [3.05, 3.63) is 16.6 Å². The lowest BCUT2D eigenvalue weighted by atomic mass is 9.96. The molecule has 0 N–H and O–H groups in total. The summed E-state index contributed by atoms with van der Waals surface area (Å²) in [6, 6.07) is 0. The Balaban J connectivity index is 3.16. The molecule has 3 heteroatoms. The fraction of sp³-hybridized carbons (Fsp3) is 0.667. The maximum Gasteiger partial charge on any atom is 0.114 e. The topological polar surface area (TPSA) is 17.8 Å². The summed E-state index contributed by atoms with van der Waals surface area (Å²) in [5.74, 6) is 1.14. The van der Waals surface area contributed by atoms with E-state index in [4.69, 9.17) is 0 Å². The monoisotopic (exact) mass is 230 g/mol. The highest BCUT2D eigenvalue weighted by molar-refractivity contribution is 9.10. The summed E-state index contributed by atoms with van der Waals surface area (Å²) in [4.78, 5) is 4.37. The van der Waals surface area contributed by atoms with E-state index in [1.54, 1.807) is 0 Å². The predicted octanol–water partition coefficient (Wildman–Crippen LogP) is 2.96. The number of aromatic nitrogens is 2. The highest BCUT2D eigenvalue weighted by atomic mass is 79.9. The normalized spacial score (nSPS) is 12.1. The van der Waals surface area contributed by atoms with Crippen LogP contribution in [0.3, 0.4) is 0 Å². The number of halogens is 1. The first-order valence-electron chi connectivity index (χ1n) is 4.18. The Kier molecular flexibility index (Phi) is 2.61. The molecule has 0 aliphatic carbocycles. The molecule has 1 aromatic heterocycles. The minimum absolute atomic E-state index is 0.127. The number of imidazole rings is 1. The van der Waals surface area contributed by atoms with E-state index in [0.29, 0.717) is 0 Å². The summed E-state index contributed by atoms with van der Waals surface area (Å²) in [6.45, 7) is 9.62. The zero-order valence-corrected chi connectivity index (χ0v) is 9.64. The molecule has 68 valence electrons. The first-order valence-corrected chi connectivity index (χ1v) is 4.97. The molecule has 0 unspecified atom stereocenters. The highest BCUT2D eigenvalue weighted by Gasteiger charge is 2.20. The number of hydrogen-bond donors (Lipinski definition) is 0. The minimum atomic E-state index is 0.127. The van der Waals surface area contributed by atoms with Crippen LogP contribution in [0.2, 0.25) is 0 Å². The molecule has 0 saturated heterocycles. The zero-order valence-electron chi connectivity index (χ0n) is 8.06. The van der Waals surface area contributed by atoms with Gasteiger partial charge in [-0.25, -0.2) is 4.98 Å². The second-order valence-electron chi connectivity index (χ2n) is 3.90. The largest absolute Gasteiger partial charge is 0.323 e. The Morgan fingerprint density at radius 1 is 1.50 bits per heavy atom. The SMILES string of the molecule is CCn1c(Br)cnc1C(C)(C)C. The zero-order chi connectivity index (χ0) is 9.35. The average molecular weight is 231 g/mol. The van der Waals surface area contributed by atoms with Crippen molar-refractivity contribution in [1.29, 1.82) is 0 Å². The van der Waals surface area contributed by atoms with Crippen LogP contribution in [0.4, 0.5) is 0 Å². The summed E-state index contributed by atoms with van der Waals surface area (Å²) in [5, 5.41) is 0. The smallest absolute Gasteiger partial charge is 0.114 e. The van der Waals surface area contributed by atoms with Crippen LogP contribution in [-0.4, -0.2) is 9.55 Å². The lowest BCUT2D eigenvalue weighted by molar-refractivity contribution is 0.503. The van der Waals surface area contributed by atoms with Gasteiger partial charge in [0.2, 0.25) is 0 Å². The summed E-state index contributed by atoms with van der Waals surface area (Å²) in [6.07, 6.45) is 1.87. The minimum Gasteiger partial charge on any atom is -0.323 e. The summed E-state index contributed by atoms with van der Waals surface area (Å²) in [7, 11) is 0. The maximum absolute atomic E-state index is 4.37. The summed E-state index contributed by atoms with van der Waals surface area (Å²) < 4.78 is 3.25. The molecule has 0 spiro atoms. The maximum atomic E-state index is 4.37.